The van der Waals surface area contributed by atoms with E-state index in [0.29, 0.717) is 0 Å². The van der Waals surface area contributed by atoms with Crippen LogP contribution in [0.5, 0.6) is 5.75 Å². The summed E-state index contributed by atoms with van der Waals surface area (Å²) in [7, 11) is 0. The van der Waals surface area contributed by atoms with Gasteiger partial charge in [0.05, 0.1) is 12.3 Å². The molecule has 0 atom stereocenters. The van der Waals surface area contributed by atoms with E-state index in [9.17, 15) is 0 Å². The molecular weight excluding hydrogens is 390 g/mol. The molecule has 170 valence electrons. The first-order valence-corrected chi connectivity index (χ1v) is 12.5. The first kappa shape index (κ1) is 24.0. The van der Waals surface area contributed by atoms with Crippen molar-refractivity contribution >= 4 is 0 Å². The summed E-state index contributed by atoms with van der Waals surface area (Å²) >= 11 is 0. The zero-order valence-electron chi connectivity index (χ0n) is 20.0. The second-order valence-corrected chi connectivity index (χ2v) is 8.85. The summed E-state index contributed by atoms with van der Waals surface area (Å²) in [5, 5.41) is 0. The molecule has 2 heteroatoms. The van der Waals surface area contributed by atoms with Crippen molar-refractivity contribution in [2.24, 2.45) is 0 Å². The summed E-state index contributed by atoms with van der Waals surface area (Å²) < 4.78 is 5.94. The normalized spacial score (nSPS) is 10.9. The van der Waals surface area contributed by atoms with E-state index >= 15 is 0 Å². The van der Waals surface area contributed by atoms with E-state index in [1.165, 1.54) is 68.9 Å². The number of hydrogen-bond donors (Lipinski definition) is 0. The monoisotopic (exact) mass is 429 g/mol. The highest BCUT2D eigenvalue weighted by Gasteiger charge is 2.03. The summed E-state index contributed by atoms with van der Waals surface area (Å²) in [6.45, 7) is 5.19. The van der Waals surface area contributed by atoms with Gasteiger partial charge in [0.1, 0.15) is 5.75 Å². The molecule has 0 saturated carbocycles. The maximum absolute atomic E-state index is 5.94. The highest BCUT2D eigenvalue weighted by molar-refractivity contribution is 5.67. The predicted octanol–water partition coefficient (Wildman–Crippen LogP) is 9.02. The molecule has 0 amide bonds. The zero-order valence-corrected chi connectivity index (χ0v) is 20.0. The van der Waals surface area contributed by atoms with E-state index in [0.717, 1.165) is 35.6 Å². The van der Waals surface area contributed by atoms with Gasteiger partial charge < -0.3 is 4.74 Å². The molecule has 0 bridgehead atoms. The summed E-state index contributed by atoms with van der Waals surface area (Å²) in [6, 6.07) is 21.1. The Labute approximate surface area is 195 Å². The molecule has 1 aromatic heterocycles. The van der Waals surface area contributed by atoms with Crippen LogP contribution in [0.25, 0.3) is 22.4 Å². The van der Waals surface area contributed by atoms with E-state index in [-0.39, 0.29) is 0 Å². The van der Waals surface area contributed by atoms with Crippen LogP contribution in [0.4, 0.5) is 0 Å². The Morgan fingerprint density at radius 3 is 1.75 bits per heavy atom. The Balaban J connectivity index is 1.35. The fourth-order valence-electron chi connectivity index (χ4n) is 3.98. The van der Waals surface area contributed by atoms with E-state index < -0.39 is 0 Å². The van der Waals surface area contributed by atoms with Crippen molar-refractivity contribution in [2.45, 2.75) is 78.1 Å². The van der Waals surface area contributed by atoms with Gasteiger partial charge in [-0.15, -0.1) is 0 Å². The number of unbranched alkanes of at least 4 members (excludes halogenated alkanes) is 9. The molecule has 3 aromatic rings. The first-order chi connectivity index (χ1) is 15.8. The largest absolute Gasteiger partial charge is 0.494 e. The van der Waals surface area contributed by atoms with E-state index in [1.54, 1.807) is 0 Å². The molecular formula is C30H39NO. The minimum atomic E-state index is 0.805. The lowest BCUT2D eigenvalue weighted by molar-refractivity contribution is 0.304. The van der Waals surface area contributed by atoms with E-state index in [2.05, 4.69) is 79.5 Å². The number of rotatable bonds is 14. The molecule has 0 saturated heterocycles. The van der Waals surface area contributed by atoms with Crippen LogP contribution in [0, 0.1) is 6.92 Å². The number of nitrogens with zero attached hydrogens (tertiary/aromatic N) is 1. The average molecular weight is 430 g/mol. The van der Waals surface area contributed by atoms with Crippen LogP contribution < -0.4 is 4.74 Å². The third-order valence-electron chi connectivity index (χ3n) is 6.07. The third-order valence-corrected chi connectivity index (χ3v) is 6.07. The van der Waals surface area contributed by atoms with Gasteiger partial charge in [0.2, 0.25) is 0 Å². The molecule has 0 aliphatic heterocycles. The van der Waals surface area contributed by atoms with Gasteiger partial charge in [-0.05, 0) is 49.2 Å². The van der Waals surface area contributed by atoms with Gasteiger partial charge in [-0.3, -0.25) is 4.98 Å². The molecule has 1 heterocycles. The topological polar surface area (TPSA) is 22.1 Å². The highest BCUT2D eigenvalue weighted by Crippen LogP contribution is 2.24. The number of benzene rings is 2. The summed E-state index contributed by atoms with van der Waals surface area (Å²) in [5.41, 5.74) is 5.72. The Morgan fingerprint density at radius 2 is 1.16 bits per heavy atom. The lowest BCUT2D eigenvalue weighted by Gasteiger charge is -2.08. The van der Waals surface area contributed by atoms with Crippen LogP contribution in [-0.4, -0.2) is 11.6 Å². The third kappa shape index (κ3) is 8.15. The number of aromatic nitrogens is 1. The van der Waals surface area contributed by atoms with Crippen molar-refractivity contribution < 1.29 is 4.74 Å². The number of pyridine rings is 1. The molecule has 0 aliphatic carbocycles. The minimum absolute atomic E-state index is 0.805. The lowest BCUT2D eigenvalue weighted by Crippen LogP contribution is -1.97. The number of aryl methyl sites for hydroxylation is 1. The van der Waals surface area contributed by atoms with Gasteiger partial charge in [0.25, 0.3) is 0 Å². The van der Waals surface area contributed by atoms with Crippen molar-refractivity contribution in [1.82, 2.24) is 4.98 Å². The van der Waals surface area contributed by atoms with Crippen molar-refractivity contribution in [3.8, 4) is 28.1 Å². The first-order valence-electron chi connectivity index (χ1n) is 12.5. The smallest absolute Gasteiger partial charge is 0.119 e. The van der Waals surface area contributed by atoms with Crippen LogP contribution in [0.3, 0.4) is 0 Å². The molecule has 2 aromatic carbocycles. The van der Waals surface area contributed by atoms with Gasteiger partial charge >= 0.3 is 0 Å². The number of ether oxygens (including phenoxy) is 1. The highest BCUT2D eigenvalue weighted by atomic mass is 16.5. The molecule has 3 rings (SSSR count). The van der Waals surface area contributed by atoms with E-state index in [1.807, 2.05) is 6.20 Å². The predicted molar refractivity (Wildman–Crippen MR) is 137 cm³/mol. The van der Waals surface area contributed by atoms with Gasteiger partial charge in [-0.1, -0.05) is 101 Å². The summed E-state index contributed by atoms with van der Waals surface area (Å²) in [6.07, 6.45) is 15.4. The maximum Gasteiger partial charge on any atom is 0.119 e. The van der Waals surface area contributed by atoms with Crippen LogP contribution in [0.1, 0.15) is 76.7 Å². The summed E-state index contributed by atoms with van der Waals surface area (Å²) in [5.74, 6) is 0.945. The van der Waals surface area contributed by atoms with E-state index in [4.69, 9.17) is 4.74 Å². The van der Waals surface area contributed by atoms with Crippen LogP contribution >= 0.6 is 0 Å². The molecule has 0 radical (unpaired) electrons. The summed E-state index contributed by atoms with van der Waals surface area (Å²) in [4.78, 5) is 4.67. The van der Waals surface area contributed by atoms with Crippen LogP contribution in [0.2, 0.25) is 0 Å². The molecule has 0 fully saturated rings. The quantitative estimate of drug-likeness (QED) is 0.238. The Hall–Kier alpha value is -2.61. The number of hydrogen-bond acceptors (Lipinski definition) is 2. The average Bonchev–Trinajstić information content (AvgIpc) is 2.84. The second-order valence-electron chi connectivity index (χ2n) is 8.85. The van der Waals surface area contributed by atoms with Gasteiger partial charge in [-0.25, -0.2) is 0 Å². The lowest BCUT2D eigenvalue weighted by atomic mass is 10.0. The van der Waals surface area contributed by atoms with Gasteiger partial charge in [0, 0.05) is 17.3 Å². The molecule has 0 N–H and O–H groups in total. The molecule has 2 nitrogen and oxygen atoms in total. The zero-order chi connectivity index (χ0) is 22.4. The minimum Gasteiger partial charge on any atom is -0.494 e. The van der Waals surface area contributed by atoms with Gasteiger partial charge in [-0.2, -0.15) is 0 Å². The van der Waals surface area contributed by atoms with Crippen molar-refractivity contribution in [3.63, 3.8) is 0 Å². The second kappa shape index (κ2) is 13.7. The SMILES string of the molecule is CCCCCCCCCCCCOc1ccc(-c2ccc(-c3ccc(C)cc3)cn2)cc1. The van der Waals surface area contributed by atoms with Crippen LogP contribution in [-0.2, 0) is 0 Å². The van der Waals surface area contributed by atoms with Gasteiger partial charge in [0.15, 0.2) is 0 Å². The molecule has 0 unspecified atom stereocenters. The Morgan fingerprint density at radius 1 is 0.594 bits per heavy atom. The Kier molecular flexibility index (Phi) is 10.3. The maximum atomic E-state index is 5.94. The molecule has 0 aliphatic rings. The Bertz CT molecular complexity index is 882. The fraction of sp³-hybridized carbons (Fsp3) is 0.433. The standard InChI is InChI=1S/C30H39NO/c1-3-4-5-6-7-8-9-10-11-12-23-32-29-20-17-27(18-21-29)30-22-19-28(24-31-30)26-15-13-25(2)14-16-26/h13-22,24H,3-12,23H2,1-2H3. The molecule has 0 spiro atoms. The van der Waals surface area contributed by atoms with Crippen LogP contribution in [0.15, 0.2) is 66.9 Å². The van der Waals surface area contributed by atoms with Crippen molar-refractivity contribution in [3.05, 3.63) is 72.4 Å². The van der Waals surface area contributed by atoms with Crippen molar-refractivity contribution in [2.75, 3.05) is 6.61 Å². The van der Waals surface area contributed by atoms with Crippen molar-refractivity contribution in [1.29, 1.82) is 0 Å². The fourth-order valence-corrected chi connectivity index (χ4v) is 3.98. The molecule has 32 heavy (non-hydrogen) atoms.